The number of benzene rings is 1. The largest absolute Gasteiger partial charge is 0.490 e. The van der Waals surface area contributed by atoms with Gasteiger partial charge in [0.15, 0.2) is 0 Å². The van der Waals surface area contributed by atoms with Crippen LogP contribution in [0, 0.1) is 0 Å². The molecule has 3 nitrogen and oxygen atoms in total. The van der Waals surface area contributed by atoms with Gasteiger partial charge in [0.25, 0.3) is 0 Å². The molecule has 4 heteroatoms. The molecule has 0 fully saturated rings. The van der Waals surface area contributed by atoms with Gasteiger partial charge in [-0.25, -0.2) is 0 Å². The molecule has 1 heterocycles. The average molecular weight is 201 g/mol. The minimum atomic E-state index is -1.46. The van der Waals surface area contributed by atoms with Crippen molar-refractivity contribution in [3.05, 3.63) is 36.0 Å². The zero-order chi connectivity index (χ0) is 10.8. The second-order valence-corrected chi connectivity index (χ2v) is 3.49. The predicted molar refractivity (Wildman–Crippen MR) is 60.9 cm³/mol. The smallest absolute Gasteiger partial charge is 0.423 e. The molecule has 0 unspecified atom stereocenters. The normalized spacial score (nSPS) is 10.6. The summed E-state index contributed by atoms with van der Waals surface area (Å²) in [5.41, 5.74) is 2.22. The van der Waals surface area contributed by atoms with E-state index in [-0.39, 0.29) is 0 Å². The molecule has 0 spiro atoms. The van der Waals surface area contributed by atoms with E-state index in [4.69, 9.17) is 0 Å². The van der Waals surface area contributed by atoms with E-state index in [1.165, 1.54) is 0 Å². The van der Waals surface area contributed by atoms with Crippen LogP contribution < -0.4 is 5.46 Å². The third-order valence-corrected chi connectivity index (χ3v) is 2.48. The highest BCUT2D eigenvalue weighted by Crippen LogP contribution is 2.12. The summed E-state index contributed by atoms with van der Waals surface area (Å²) in [4.78, 5) is 4.16. The van der Waals surface area contributed by atoms with Gasteiger partial charge in [-0.2, -0.15) is 0 Å². The van der Waals surface area contributed by atoms with Gasteiger partial charge in [-0.15, -0.1) is 0 Å². The predicted octanol–water partition coefficient (Wildman–Crippen LogP) is 0.477. The van der Waals surface area contributed by atoms with Crippen LogP contribution in [-0.4, -0.2) is 22.2 Å². The summed E-state index contributed by atoms with van der Waals surface area (Å²) in [5.74, 6) is 0. The second-order valence-electron chi connectivity index (χ2n) is 3.49. The van der Waals surface area contributed by atoms with Crippen LogP contribution in [0.4, 0.5) is 0 Å². The maximum absolute atomic E-state index is 9.26. The monoisotopic (exact) mass is 201 g/mol. The SMILES string of the molecule is CCc1cc(B(O)O)c2ncccc2c1. The lowest BCUT2D eigenvalue weighted by Crippen LogP contribution is -2.31. The molecule has 0 saturated heterocycles. The van der Waals surface area contributed by atoms with Crippen LogP contribution in [0.5, 0.6) is 0 Å². The Bertz CT molecular complexity index is 485. The fourth-order valence-electron chi connectivity index (χ4n) is 1.69. The minimum absolute atomic E-state index is 0.477. The molecule has 0 bridgehead atoms. The summed E-state index contributed by atoms with van der Waals surface area (Å²) in [6.07, 6.45) is 2.52. The van der Waals surface area contributed by atoms with E-state index in [0.29, 0.717) is 11.0 Å². The summed E-state index contributed by atoms with van der Waals surface area (Å²) >= 11 is 0. The Hall–Kier alpha value is -1.39. The van der Waals surface area contributed by atoms with Crippen LogP contribution in [-0.2, 0) is 6.42 Å². The van der Waals surface area contributed by atoms with E-state index in [0.717, 1.165) is 17.4 Å². The van der Waals surface area contributed by atoms with E-state index >= 15 is 0 Å². The first-order chi connectivity index (χ1) is 7.22. The van der Waals surface area contributed by atoms with Crippen LogP contribution in [0.2, 0.25) is 0 Å². The first-order valence-electron chi connectivity index (χ1n) is 4.96. The van der Waals surface area contributed by atoms with Crippen LogP contribution in [0.3, 0.4) is 0 Å². The number of pyridine rings is 1. The first kappa shape index (κ1) is 10.1. The molecule has 0 saturated carbocycles. The van der Waals surface area contributed by atoms with Gasteiger partial charge in [-0.05, 0) is 24.1 Å². The summed E-state index contributed by atoms with van der Waals surface area (Å²) in [6.45, 7) is 2.03. The lowest BCUT2D eigenvalue weighted by Gasteiger charge is -2.07. The van der Waals surface area contributed by atoms with E-state index in [2.05, 4.69) is 4.98 Å². The molecular formula is C11H12BNO2. The van der Waals surface area contributed by atoms with Gasteiger partial charge < -0.3 is 10.0 Å². The molecule has 2 rings (SSSR count). The Morgan fingerprint density at radius 1 is 1.33 bits per heavy atom. The fraction of sp³-hybridized carbons (Fsp3) is 0.182. The van der Waals surface area contributed by atoms with Crippen molar-refractivity contribution in [2.75, 3.05) is 0 Å². The highest BCUT2D eigenvalue weighted by Gasteiger charge is 2.16. The zero-order valence-electron chi connectivity index (χ0n) is 8.51. The molecule has 1 aromatic carbocycles. The Morgan fingerprint density at radius 2 is 2.13 bits per heavy atom. The maximum atomic E-state index is 9.26. The van der Waals surface area contributed by atoms with Gasteiger partial charge in [0.05, 0.1) is 5.52 Å². The van der Waals surface area contributed by atoms with Gasteiger partial charge in [0.1, 0.15) is 0 Å². The molecule has 2 N–H and O–H groups in total. The van der Waals surface area contributed by atoms with E-state index in [1.807, 2.05) is 25.1 Å². The average Bonchev–Trinajstić information content (AvgIpc) is 2.27. The van der Waals surface area contributed by atoms with Crippen LogP contribution in [0.1, 0.15) is 12.5 Å². The Balaban J connectivity index is 2.74. The summed E-state index contributed by atoms with van der Waals surface area (Å²) in [5, 5.41) is 19.5. The van der Waals surface area contributed by atoms with Crippen molar-refractivity contribution < 1.29 is 10.0 Å². The van der Waals surface area contributed by atoms with Gasteiger partial charge >= 0.3 is 7.12 Å². The Morgan fingerprint density at radius 3 is 2.80 bits per heavy atom. The number of hydrogen-bond donors (Lipinski definition) is 2. The molecular weight excluding hydrogens is 189 g/mol. The molecule has 1 aromatic heterocycles. The molecule has 0 aliphatic heterocycles. The molecule has 0 amide bonds. The number of aromatic nitrogens is 1. The number of fused-ring (bicyclic) bond motifs is 1. The number of nitrogens with zero attached hydrogens (tertiary/aromatic N) is 1. The van der Waals surface area contributed by atoms with Gasteiger partial charge in [-0.1, -0.05) is 19.1 Å². The summed E-state index contributed by atoms with van der Waals surface area (Å²) in [7, 11) is -1.46. The van der Waals surface area contributed by atoms with Gasteiger partial charge in [0, 0.05) is 17.0 Å². The summed E-state index contributed by atoms with van der Waals surface area (Å²) in [6, 6.07) is 7.58. The zero-order valence-corrected chi connectivity index (χ0v) is 8.51. The van der Waals surface area contributed by atoms with Gasteiger partial charge in [-0.3, -0.25) is 4.98 Å². The minimum Gasteiger partial charge on any atom is -0.423 e. The number of rotatable bonds is 2. The van der Waals surface area contributed by atoms with Crippen LogP contribution in [0.15, 0.2) is 30.5 Å². The maximum Gasteiger partial charge on any atom is 0.490 e. The summed E-state index contributed by atoms with van der Waals surface area (Å²) < 4.78 is 0. The van der Waals surface area contributed by atoms with E-state index in [9.17, 15) is 10.0 Å². The molecule has 2 aromatic rings. The van der Waals surface area contributed by atoms with Crippen molar-refractivity contribution in [3.63, 3.8) is 0 Å². The molecule has 76 valence electrons. The lowest BCUT2D eigenvalue weighted by atomic mass is 9.77. The van der Waals surface area contributed by atoms with Crippen LogP contribution >= 0.6 is 0 Å². The van der Waals surface area contributed by atoms with Crippen molar-refractivity contribution in [2.24, 2.45) is 0 Å². The number of hydrogen-bond acceptors (Lipinski definition) is 3. The van der Waals surface area contributed by atoms with Crippen molar-refractivity contribution in [1.82, 2.24) is 4.98 Å². The molecule has 0 aliphatic carbocycles. The second kappa shape index (κ2) is 4.00. The fourth-order valence-corrected chi connectivity index (χ4v) is 1.69. The third kappa shape index (κ3) is 1.86. The Kier molecular flexibility index (Phi) is 2.71. The molecule has 15 heavy (non-hydrogen) atoms. The van der Waals surface area contributed by atoms with E-state index in [1.54, 1.807) is 12.3 Å². The quantitative estimate of drug-likeness (QED) is 0.694. The highest BCUT2D eigenvalue weighted by atomic mass is 16.4. The number of aryl methyl sites for hydroxylation is 1. The van der Waals surface area contributed by atoms with Crippen molar-refractivity contribution in [2.45, 2.75) is 13.3 Å². The standard InChI is InChI=1S/C11H12BNO2/c1-2-8-6-9-4-3-5-13-11(9)10(7-8)12(14)15/h3-7,14-15H,2H2,1H3. The molecule has 0 atom stereocenters. The third-order valence-electron chi connectivity index (χ3n) is 2.48. The van der Waals surface area contributed by atoms with Crippen LogP contribution in [0.25, 0.3) is 10.9 Å². The lowest BCUT2D eigenvalue weighted by molar-refractivity contribution is 0.426. The molecule has 0 aliphatic rings. The highest BCUT2D eigenvalue weighted by molar-refractivity contribution is 6.61. The van der Waals surface area contributed by atoms with Crippen molar-refractivity contribution in [3.8, 4) is 0 Å². The van der Waals surface area contributed by atoms with Gasteiger partial charge in [0.2, 0.25) is 0 Å². The first-order valence-corrected chi connectivity index (χ1v) is 4.96. The van der Waals surface area contributed by atoms with Crippen molar-refractivity contribution >= 4 is 23.5 Å². The topological polar surface area (TPSA) is 53.4 Å². The van der Waals surface area contributed by atoms with E-state index < -0.39 is 7.12 Å². The Labute approximate surface area is 88.5 Å². The van der Waals surface area contributed by atoms with Crippen molar-refractivity contribution in [1.29, 1.82) is 0 Å². The molecule has 0 radical (unpaired) electrons.